The number of amides is 1. The van der Waals surface area contributed by atoms with Gasteiger partial charge in [-0.1, -0.05) is 25.1 Å². The van der Waals surface area contributed by atoms with Crippen molar-refractivity contribution in [3.63, 3.8) is 0 Å². The van der Waals surface area contributed by atoms with Gasteiger partial charge in [0.1, 0.15) is 5.69 Å². The van der Waals surface area contributed by atoms with Gasteiger partial charge in [0, 0.05) is 11.9 Å². The minimum atomic E-state index is -0.226. The number of aromatic amines is 1. The van der Waals surface area contributed by atoms with Gasteiger partial charge >= 0.3 is 0 Å². The van der Waals surface area contributed by atoms with Crippen molar-refractivity contribution < 1.29 is 4.79 Å². The van der Waals surface area contributed by atoms with E-state index in [1.807, 2.05) is 18.2 Å². The van der Waals surface area contributed by atoms with Gasteiger partial charge in [0.05, 0.1) is 0 Å². The van der Waals surface area contributed by atoms with Crippen LogP contribution in [-0.4, -0.2) is 30.5 Å². The molecule has 0 aliphatic carbocycles. The van der Waals surface area contributed by atoms with Crippen molar-refractivity contribution in [3.8, 4) is 0 Å². The molecule has 22 heavy (non-hydrogen) atoms. The molecule has 0 radical (unpaired) electrons. The lowest BCUT2D eigenvalue weighted by molar-refractivity contribution is 0.0917. The second-order valence-corrected chi connectivity index (χ2v) is 6.34. The van der Waals surface area contributed by atoms with E-state index in [-0.39, 0.29) is 16.9 Å². The fourth-order valence-corrected chi connectivity index (χ4v) is 2.93. The number of H-pyrrole nitrogens is 1. The van der Waals surface area contributed by atoms with E-state index in [2.05, 4.69) is 22.5 Å². The Balaban J connectivity index is 1.76. The van der Waals surface area contributed by atoms with Crippen LogP contribution in [0.25, 0.3) is 10.8 Å². The molecule has 3 N–H and O–H groups in total. The number of piperidine rings is 1. The number of carbonyl (C=O) groups excluding carboxylic acids is 1. The number of nitrogens with one attached hydrogen (secondary N) is 3. The summed E-state index contributed by atoms with van der Waals surface area (Å²) in [5.41, 5.74) is 0.218. The molecule has 0 unspecified atom stereocenters. The Labute approximate surface area is 129 Å². The largest absolute Gasteiger partial charge is 0.350 e. The maximum atomic E-state index is 12.3. The number of pyridine rings is 1. The predicted octanol–water partition coefficient (Wildman–Crippen LogP) is 1.65. The highest BCUT2D eigenvalue weighted by atomic mass is 16.2. The summed E-state index contributed by atoms with van der Waals surface area (Å²) in [4.78, 5) is 27.0. The Kier molecular flexibility index (Phi) is 3.98. The Hall–Kier alpha value is -2.14. The van der Waals surface area contributed by atoms with Crippen molar-refractivity contribution in [1.82, 2.24) is 15.6 Å². The molecule has 2 heterocycles. The molecule has 5 heteroatoms. The van der Waals surface area contributed by atoms with Gasteiger partial charge in [0.15, 0.2) is 0 Å². The quantitative estimate of drug-likeness (QED) is 0.807. The summed E-state index contributed by atoms with van der Waals surface area (Å²) >= 11 is 0. The number of benzene rings is 1. The summed E-state index contributed by atoms with van der Waals surface area (Å²) in [5, 5.41) is 7.67. The molecule has 0 saturated carbocycles. The van der Waals surface area contributed by atoms with Crippen LogP contribution in [0.3, 0.4) is 0 Å². The Morgan fingerprint density at radius 3 is 2.77 bits per heavy atom. The molecule has 1 aromatic heterocycles. The van der Waals surface area contributed by atoms with Crippen LogP contribution in [-0.2, 0) is 0 Å². The Bertz CT molecular complexity index is 745. The second kappa shape index (κ2) is 5.93. The zero-order valence-electron chi connectivity index (χ0n) is 12.7. The first-order valence-corrected chi connectivity index (χ1v) is 7.68. The van der Waals surface area contributed by atoms with Crippen LogP contribution in [0, 0.1) is 5.41 Å². The highest BCUT2D eigenvalue weighted by molar-refractivity contribution is 5.96. The van der Waals surface area contributed by atoms with Gasteiger partial charge in [0.2, 0.25) is 0 Å². The van der Waals surface area contributed by atoms with Gasteiger partial charge in [0.25, 0.3) is 11.5 Å². The SMILES string of the molecule is CC1(CNC(=O)c2cc3ccccc3c(=O)[nH]2)CCNCC1. The summed E-state index contributed by atoms with van der Waals surface area (Å²) in [6.07, 6.45) is 2.09. The topological polar surface area (TPSA) is 74.0 Å². The number of hydrogen-bond donors (Lipinski definition) is 3. The minimum absolute atomic E-state index is 0.123. The van der Waals surface area contributed by atoms with E-state index in [1.165, 1.54) is 0 Å². The van der Waals surface area contributed by atoms with Crippen molar-refractivity contribution in [2.75, 3.05) is 19.6 Å². The van der Waals surface area contributed by atoms with E-state index in [1.54, 1.807) is 12.1 Å². The van der Waals surface area contributed by atoms with Crippen molar-refractivity contribution in [2.24, 2.45) is 5.41 Å². The van der Waals surface area contributed by atoms with Crippen molar-refractivity contribution in [1.29, 1.82) is 0 Å². The third-order valence-electron chi connectivity index (χ3n) is 4.48. The number of hydrogen-bond acceptors (Lipinski definition) is 3. The maximum absolute atomic E-state index is 12.3. The van der Waals surface area contributed by atoms with Crippen LogP contribution in [0.5, 0.6) is 0 Å². The summed E-state index contributed by atoms with van der Waals surface area (Å²) in [7, 11) is 0. The average Bonchev–Trinajstić information content (AvgIpc) is 2.53. The van der Waals surface area contributed by atoms with Gasteiger partial charge in [-0.15, -0.1) is 0 Å². The molecule has 1 amide bonds. The first-order chi connectivity index (χ1) is 10.6. The molecular weight excluding hydrogens is 278 g/mol. The summed E-state index contributed by atoms with van der Waals surface area (Å²) < 4.78 is 0. The van der Waals surface area contributed by atoms with Gasteiger partial charge in [-0.25, -0.2) is 0 Å². The normalized spacial score (nSPS) is 17.3. The molecule has 3 rings (SSSR count). The summed E-state index contributed by atoms with van der Waals surface area (Å²) in [6, 6.07) is 9.01. The lowest BCUT2D eigenvalue weighted by Crippen LogP contribution is -2.43. The molecule has 1 aromatic carbocycles. The third kappa shape index (κ3) is 3.04. The predicted molar refractivity (Wildman–Crippen MR) is 87.1 cm³/mol. The second-order valence-electron chi connectivity index (χ2n) is 6.34. The fourth-order valence-electron chi connectivity index (χ4n) is 2.93. The maximum Gasteiger partial charge on any atom is 0.267 e. The van der Waals surface area contributed by atoms with E-state index in [0.717, 1.165) is 31.3 Å². The zero-order valence-corrected chi connectivity index (χ0v) is 12.7. The van der Waals surface area contributed by atoms with Gasteiger partial charge in [-0.2, -0.15) is 0 Å². The molecule has 0 bridgehead atoms. The third-order valence-corrected chi connectivity index (χ3v) is 4.48. The summed E-state index contributed by atoms with van der Waals surface area (Å²) in [5.74, 6) is -0.220. The zero-order chi connectivity index (χ0) is 15.6. The Morgan fingerprint density at radius 2 is 2.00 bits per heavy atom. The van der Waals surface area contributed by atoms with Gasteiger partial charge in [-0.3, -0.25) is 9.59 Å². The molecule has 2 aromatic rings. The Morgan fingerprint density at radius 1 is 1.27 bits per heavy atom. The minimum Gasteiger partial charge on any atom is -0.350 e. The van der Waals surface area contributed by atoms with E-state index >= 15 is 0 Å². The van der Waals surface area contributed by atoms with Gasteiger partial charge in [-0.05, 0) is 48.9 Å². The van der Waals surface area contributed by atoms with Crippen LogP contribution in [0.1, 0.15) is 30.3 Å². The van der Waals surface area contributed by atoms with E-state index in [9.17, 15) is 9.59 Å². The van der Waals surface area contributed by atoms with Gasteiger partial charge < -0.3 is 15.6 Å². The van der Waals surface area contributed by atoms with Crippen LogP contribution in [0.4, 0.5) is 0 Å². The average molecular weight is 299 g/mol. The molecule has 5 nitrogen and oxygen atoms in total. The lowest BCUT2D eigenvalue weighted by atomic mass is 9.81. The highest BCUT2D eigenvalue weighted by Crippen LogP contribution is 2.26. The number of rotatable bonds is 3. The molecule has 1 saturated heterocycles. The molecule has 0 spiro atoms. The molecule has 1 fully saturated rings. The van der Waals surface area contributed by atoms with E-state index in [4.69, 9.17) is 0 Å². The number of fused-ring (bicyclic) bond motifs is 1. The smallest absolute Gasteiger partial charge is 0.267 e. The first kappa shape index (κ1) is 14.8. The van der Waals surface area contributed by atoms with Crippen LogP contribution in [0.15, 0.2) is 35.1 Å². The van der Waals surface area contributed by atoms with Crippen LogP contribution >= 0.6 is 0 Å². The highest BCUT2D eigenvalue weighted by Gasteiger charge is 2.27. The standard InChI is InChI=1S/C17H21N3O2/c1-17(6-8-18-9-7-17)11-19-16(22)14-10-12-4-2-3-5-13(12)15(21)20-14/h2-5,10,18H,6-9,11H2,1H3,(H,19,22)(H,20,21). The number of carbonyl (C=O) groups is 1. The monoisotopic (exact) mass is 299 g/mol. The van der Waals surface area contributed by atoms with Crippen molar-refractivity contribution in [2.45, 2.75) is 19.8 Å². The van der Waals surface area contributed by atoms with Crippen molar-refractivity contribution in [3.05, 3.63) is 46.4 Å². The molecule has 0 atom stereocenters. The summed E-state index contributed by atoms with van der Waals surface area (Å²) in [6.45, 7) is 4.79. The lowest BCUT2D eigenvalue weighted by Gasteiger charge is -2.34. The van der Waals surface area contributed by atoms with Crippen LogP contribution < -0.4 is 16.2 Å². The molecule has 116 valence electrons. The molecule has 1 aliphatic rings. The van der Waals surface area contributed by atoms with Crippen LogP contribution in [0.2, 0.25) is 0 Å². The molecular formula is C17H21N3O2. The van der Waals surface area contributed by atoms with E-state index < -0.39 is 0 Å². The fraction of sp³-hybridized carbons (Fsp3) is 0.412. The van der Waals surface area contributed by atoms with Crippen molar-refractivity contribution >= 4 is 16.7 Å². The number of aromatic nitrogens is 1. The molecule has 1 aliphatic heterocycles. The first-order valence-electron chi connectivity index (χ1n) is 7.68. The van der Waals surface area contributed by atoms with E-state index in [0.29, 0.717) is 17.6 Å².